The summed E-state index contributed by atoms with van der Waals surface area (Å²) in [4.78, 5) is 36.5. The van der Waals surface area contributed by atoms with Gasteiger partial charge in [-0.25, -0.2) is 10.3 Å². The molecule has 2 fully saturated rings. The molecule has 2 amide bonds. The highest BCUT2D eigenvalue weighted by Crippen LogP contribution is 2.37. The quantitative estimate of drug-likeness (QED) is 0.322. The average molecular weight is 531 g/mol. The normalized spacial score (nSPS) is 24.3. The van der Waals surface area contributed by atoms with Gasteiger partial charge in [-0.1, -0.05) is 24.3 Å². The van der Waals surface area contributed by atoms with Gasteiger partial charge >= 0.3 is 0 Å². The van der Waals surface area contributed by atoms with Crippen molar-refractivity contribution in [3.8, 4) is 5.75 Å². The van der Waals surface area contributed by atoms with Crippen LogP contribution in [-0.4, -0.2) is 53.4 Å². The number of benzene rings is 2. The second-order valence-corrected chi connectivity index (χ2v) is 10.6. The Morgan fingerprint density at radius 3 is 3.00 bits per heavy atom. The highest BCUT2D eigenvalue weighted by Gasteiger charge is 2.44. The number of carbonyl (C=O) groups is 2. The molecule has 6 rings (SSSR count). The second kappa shape index (κ2) is 10.8. The number of aromatic nitrogens is 1. The molecule has 0 radical (unpaired) electrons. The molecular weight excluding hydrogens is 496 g/mol. The van der Waals surface area contributed by atoms with Crippen molar-refractivity contribution in [3.05, 3.63) is 71.4 Å². The third-order valence-corrected chi connectivity index (χ3v) is 7.85. The minimum absolute atomic E-state index is 0.160. The molecule has 3 aromatic rings. The van der Waals surface area contributed by atoms with Crippen molar-refractivity contribution in [1.29, 1.82) is 0 Å². The molecule has 4 heterocycles. The first kappa shape index (κ1) is 25.6. The maximum absolute atomic E-state index is 13.3. The van der Waals surface area contributed by atoms with Gasteiger partial charge in [0.15, 0.2) is 12.0 Å². The molecule has 2 saturated heterocycles. The number of amides is 2. The van der Waals surface area contributed by atoms with Crippen molar-refractivity contribution in [2.75, 3.05) is 19.7 Å². The van der Waals surface area contributed by atoms with Crippen molar-refractivity contribution in [2.24, 2.45) is 0 Å². The Hall–Kier alpha value is -3.66. The largest absolute Gasteiger partial charge is 0.466 e. The Morgan fingerprint density at radius 1 is 1.23 bits per heavy atom. The molecule has 3 unspecified atom stereocenters. The van der Waals surface area contributed by atoms with Crippen LogP contribution in [0.25, 0.3) is 17.0 Å². The minimum Gasteiger partial charge on any atom is -0.466 e. The van der Waals surface area contributed by atoms with E-state index in [1.165, 1.54) is 17.0 Å². The predicted octanol–water partition coefficient (Wildman–Crippen LogP) is 4.43. The molecule has 9 nitrogen and oxygen atoms in total. The SMILES string of the molecule is CC(c1c[nH]c2ccccc12)N1CCCC2(C1)NC(=O)c1cc(/C=C/C(=O)NOC3CCCCO3)ccc1O2. The summed E-state index contributed by atoms with van der Waals surface area (Å²) < 4.78 is 11.9. The van der Waals surface area contributed by atoms with E-state index in [0.29, 0.717) is 30.0 Å². The summed E-state index contributed by atoms with van der Waals surface area (Å²) in [5.41, 5.74) is 5.15. The molecule has 204 valence electrons. The standard InChI is InChI=1S/C30H34N4O5/c1-20(24-18-31-25-8-3-2-7-22(24)25)34-15-6-14-30(19-34)32-29(36)23-17-21(10-12-26(23)38-30)11-13-27(35)33-39-28-9-4-5-16-37-28/h2-3,7-8,10-13,17-18,20,28,31H,4-6,9,14-16,19H2,1H3,(H,32,36)(H,33,35)/b13-11+. The zero-order valence-corrected chi connectivity index (χ0v) is 22.1. The molecule has 0 aliphatic carbocycles. The number of nitrogens with one attached hydrogen (secondary N) is 3. The Kier molecular flexibility index (Phi) is 7.12. The topological polar surface area (TPSA) is 105 Å². The molecule has 39 heavy (non-hydrogen) atoms. The predicted molar refractivity (Wildman–Crippen MR) is 147 cm³/mol. The highest BCUT2D eigenvalue weighted by molar-refractivity contribution is 5.99. The van der Waals surface area contributed by atoms with Crippen LogP contribution >= 0.6 is 0 Å². The number of aromatic amines is 1. The van der Waals surface area contributed by atoms with Crippen molar-refractivity contribution in [1.82, 2.24) is 20.7 Å². The number of nitrogens with zero attached hydrogens (tertiary/aromatic N) is 1. The van der Waals surface area contributed by atoms with Crippen LogP contribution in [0.3, 0.4) is 0 Å². The Morgan fingerprint density at radius 2 is 2.13 bits per heavy atom. The van der Waals surface area contributed by atoms with Gasteiger partial charge < -0.3 is 19.8 Å². The van der Waals surface area contributed by atoms with Crippen LogP contribution in [0.1, 0.15) is 66.6 Å². The number of hydroxylamine groups is 1. The van der Waals surface area contributed by atoms with Crippen LogP contribution in [0, 0.1) is 0 Å². The first-order valence-electron chi connectivity index (χ1n) is 13.7. The number of H-pyrrole nitrogens is 1. The third kappa shape index (κ3) is 5.43. The number of carbonyl (C=O) groups excluding carboxylic acids is 2. The number of piperidine rings is 1. The van der Waals surface area contributed by atoms with Crippen LogP contribution in [-0.2, 0) is 14.4 Å². The summed E-state index contributed by atoms with van der Waals surface area (Å²) in [7, 11) is 0. The number of hydrogen-bond donors (Lipinski definition) is 3. The van der Waals surface area contributed by atoms with E-state index in [1.807, 2.05) is 18.2 Å². The molecule has 3 atom stereocenters. The van der Waals surface area contributed by atoms with Gasteiger partial charge in [0.2, 0.25) is 0 Å². The molecule has 0 saturated carbocycles. The number of hydrogen-bond acceptors (Lipinski definition) is 6. The zero-order chi connectivity index (χ0) is 26.8. The average Bonchev–Trinajstić information content (AvgIpc) is 3.39. The van der Waals surface area contributed by atoms with Gasteiger partial charge in [0.05, 0.1) is 12.1 Å². The molecule has 3 aliphatic heterocycles. The summed E-state index contributed by atoms with van der Waals surface area (Å²) >= 11 is 0. The second-order valence-electron chi connectivity index (χ2n) is 10.6. The maximum atomic E-state index is 13.3. The lowest BCUT2D eigenvalue weighted by atomic mass is 9.95. The Balaban J connectivity index is 1.12. The molecule has 1 spiro atoms. The van der Waals surface area contributed by atoms with E-state index >= 15 is 0 Å². The van der Waals surface area contributed by atoms with Gasteiger partial charge in [-0.2, -0.15) is 0 Å². The molecule has 9 heteroatoms. The molecule has 0 bridgehead atoms. The summed E-state index contributed by atoms with van der Waals surface area (Å²) in [6.07, 6.45) is 9.11. The minimum atomic E-state index is -0.779. The molecular formula is C30H34N4O5. The number of rotatable bonds is 6. The maximum Gasteiger partial charge on any atom is 0.267 e. The number of likely N-dealkylation sites (tertiary alicyclic amines) is 1. The Labute approximate surface area is 227 Å². The lowest BCUT2D eigenvalue weighted by Crippen LogP contribution is -2.64. The molecule has 3 aliphatic rings. The van der Waals surface area contributed by atoms with Gasteiger partial charge in [0.1, 0.15) is 5.75 Å². The summed E-state index contributed by atoms with van der Waals surface area (Å²) in [6, 6.07) is 13.9. The van der Waals surface area contributed by atoms with E-state index < -0.39 is 17.9 Å². The van der Waals surface area contributed by atoms with E-state index in [2.05, 4.69) is 52.0 Å². The fraction of sp³-hybridized carbons (Fsp3) is 0.400. The molecule has 3 N–H and O–H groups in total. The van der Waals surface area contributed by atoms with Gasteiger partial charge in [0, 0.05) is 48.7 Å². The van der Waals surface area contributed by atoms with E-state index in [1.54, 1.807) is 12.1 Å². The summed E-state index contributed by atoms with van der Waals surface area (Å²) in [6.45, 7) is 4.36. The fourth-order valence-corrected chi connectivity index (χ4v) is 5.77. The first-order valence-corrected chi connectivity index (χ1v) is 13.7. The lowest BCUT2D eigenvalue weighted by Gasteiger charge is -2.47. The molecule has 2 aromatic carbocycles. The lowest BCUT2D eigenvalue weighted by molar-refractivity contribution is -0.198. The summed E-state index contributed by atoms with van der Waals surface area (Å²) in [5.74, 6) is -0.0109. The van der Waals surface area contributed by atoms with Crippen molar-refractivity contribution in [2.45, 2.75) is 57.1 Å². The Bertz CT molecular complexity index is 1400. The number of para-hydroxylation sites is 1. The highest BCUT2D eigenvalue weighted by atomic mass is 16.8. The smallest absolute Gasteiger partial charge is 0.267 e. The van der Waals surface area contributed by atoms with E-state index in [4.69, 9.17) is 14.3 Å². The van der Waals surface area contributed by atoms with Gasteiger partial charge in [0.25, 0.3) is 11.8 Å². The van der Waals surface area contributed by atoms with Crippen LogP contribution in [0.2, 0.25) is 0 Å². The van der Waals surface area contributed by atoms with Gasteiger partial charge in [-0.3, -0.25) is 14.5 Å². The van der Waals surface area contributed by atoms with E-state index in [9.17, 15) is 9.59 Å². The van der Waals surface area contributed by atoms with Crippen molar-refractivity contribution < 1.29 is 23.9 Å². The first-order chi connectivity index (χ1) is 19.0. The third-order valence-electron chi connectivity index (χ3n) is 7.85. The van der Waals surface area contributed by atoms with E-state index in [0.717, 1.165) is 44.2 Å². The van der Waals surface area contributed by atoms with Crippen LogP contribution in [0.4, 0.5) is 0 Å². The number of ether oxygens (including phenoxy) is 2. The van der Waals surface area contributed by atoms with Crippen LogP contribution in [0.5, 0.6) is 5.75 Å². The van der Waals surface area contributed by atoms with Crippen molar-refractivity contribution >= 4 is 28.8 Å². The van der Waals surface area contributed by atoms with Crippen LogP contribution < -0.4 is 15.5 Å². The monoisotopic (exact) mass is 530 g/mol. The van der Waals surface area contributed by atoms with Crippen LogP contribution in [0.15, 0.2) is 54.7 Å². The van der Waals surface area contributed by atoms with E-state index in [-0.39, 0.29) is 11.9 Å². The van der Waals surface area contributed by atoms with Gasteiger partial charge in [-0.15, -0.1) is 0 Å². The fourth-order valence-electron chi connectivity index (χ4n) is 5.77. The van der Waals surface area contributed by atoms with Gasteiger partial charge in [-0.05, 0) is 68.1 Å². The zero-order valence-electron chi connectivity index (χ0n) is 22.1. The van der Waals surface area contributed by atoms with Crippen molar-refractivity contribution in [3.63, 3.8) is 0 Å². The summed E-state index contributed by atoms with van der Waals surface area (Å²) in [5, 5.41) is 4.37. The molecule has 1 aromatic heterocycles. The number of fused-ring (bicyclic) bond motifs is 2.